The fourth-order valence-electron chi connectivity index (χ4n) is 8.74. The lowest BCUT2D eigenvalue weighted by Crippen LogP contribution is -2.10. The van der Waals surface area contributed by atoms with Gasteiger partial charge in [-0.15, -0.1) is 0 Å². The predicted octanol–water partition coefficient (Wildman–Crippen LogP) is 14.4. The first-order valence-electron chi connectivity index (χ1n) is 19.1. The summed E-state index contributed by atoms with van der Waals surface area (Å²) in [6.45, 7) is 0. The Balaban J connectivity index is 0.997. The first-order chi connectivity index (χ1) is 27.3. The number of aromatic nitrogens is 1. The molecule has 0 saturated heterocycles. The minimum atomic E-state index is 0.909. The van der Waals surface area contributed by atoms with Gasteiger partial charge in [0.2, 0.25) is 0 Å². The molecule has 3 nitrogen and oxygen atoms in total. The van der Waals surface area contributed by atoms with Gasteiger partial charge >= 0.3 is 0 Å². The number of allylic oxidation sites excluding steroid dienone is 1. The molecule has 55 heavy (non-hydrogen) atoms. The van der Waals surface area contributed by atoms with Gasteiger partial charge in [0.05, 0.1) is 5.52 Å². The van der Waals surface area contributed by atoms with E-state index in [4.69, 9.17) is 4.42 Å². The standard InChI is InChI=1S/C52H36N2O/c1-3-14-35(15-4-1)47-34-48-46-23-13-22-41(51(46)55-52(48)45-21-8-7-18-42(45)47)36-26-28-38(29-27-36)53(37-16-5-2-6-17-37)39-30-32-40(33-31-39)54-49-24-11-9-19-43(49)44-20-10-12-25-50(44)54/h1-11,13-24,26-34H,12,25H2. The molecule has 11 rings (SSSR count). The van der Waals surface area contributed by atoms with Gasteiger partial charge in [0.15, 0.2) is 0 Å². The average Bonchev–Trinajstić information content (AvgIpc) is 3.81. The summed E-state index contributed by atoms with van der Waals surface area (Å²) >= 11 is 0. The van der Waals surface area contributed by atoms with Crippen LogP contribution in [0.1, 0.15) is 17.7 Å². The van der Waals surface area contributed by atoms with E-state index < -0.39 is 0 Å². The molecule has 8 aromatic carbocycles. The van der Waals surface area contributed by atoms with Crippen molar-refractivity contribution >= 4 is 66.8 Å². The van der Waals surface area contributed by atoms with Crippen molar-refractivity contribution in [1.29, 1.82) is 0 Å². The van der Waals surface area contributed by atoms with Crippen molar-refractivity contribution in [2.45, 2.75) is 12.8 Å². The molecule has 10 aromatic rings. The number of hydrogen-bond donors (Lipinski definition) is 0. The Bertz CT molecular complexity index is 3060. The smallest absolute Gasteiger partial charge is 0.143 e. The second-order valence-corrected chi connectivity index (χ2v) is 14.4. The molecular weight excluding hydrogens is 669 g/mol. The first-order valence-corrected chi connectivity index (χ1v) is 19.1. The normalized spacial score (nSPS) is 12.5. The zero-order valence-electron chi connectivity index (χ0n) is 30.2. The van der Waals surface area contributed by atoms with E-state index in [1.807, 2.05) is 0 Å². The molecule has 0 amide bonds. The molecule has 0 unspecified atom stereocenters. The molecule has 2 heterocycles. The summed E-state index contributed by atoms with van der Waals surface area (Å²) < 4.78 is 9.29. The van der Waals surface area contributed by atoms with Crippen molar-refractivity contribution in [2.75, 3.05) is 4.90 Å². The minimum Gasteiger partial charge on any atom is -0.455 e. The average molecular weight is 705 g/mol. The van der Waals surface area contributed by atoms with E-state index in [0.717, 1.165) is 68.4 Å². The Hall–Kier alpha value is -7.10. The van der Waals surface area contributed by atoms with Gasteiger partial charge in [-0.25, -0.2) is 0 Å². The van der Waals surface area contributed by atoms with Crippen LogP contribution in [-0.4, -0.2) is 4.57 Å². The van der Waals surface area contributed by atoms with Crippen LogP contribution in [0.4, 0.5) is 17.1 Å². The molecule has 0 spiro atoms. The highest BCUT2D eigenvalue weighted by Gasteiger charge is 2.20. The van der Waals surface area contributed by atoms with Crippen molar-refractivity contribution < 1.29 is 4.42 Å². The van der Waals surface area contributed by atoms with Gasteiger partial charge in [0.25, 0.3) is 0 Å². The van der Waals surface area contributed by atoms with E-state index in [0.29, 0.717) is 0 Å². The summed E-state index contributed by atoms with van der Waals surface area (Å²) in [5.41, 5.74) is 14.9. The molecule has 1 aliphatic carbocycles. The van der Waals surface area contributed by atoms with Gasteiger partial charge in [0, 0.05) is 61.1 Å². The van der Waals surface area contributed by atoms with E-state index >= 15 is 0 Å². The second kappa shape index (κ2) is 12.8. The van der Waals surface area contributed by atoms with E-state index in [1.165, 1.54) is 44.4 Å². The summed E-state index contributed by atoms with van der Waals surface area (Å²) in [5, 5.41) is 5.89. The van der Waals surface area contributed by atoms with Crippen LogP contribution in [0.5, 0.6) is 0 Å². The highest BCUT2D eigenvalue weighted by Crippen LogP contribution is 2.43. The number of hydrogen-bond acceptors (Lipinski definition) is 2. The Morgan fingerprint density at radius 3 is 1.84 bits per heavy atom. The lowest BCUT2D eigenvalue weighted by molar-refractivity contribution is 0.674. The van der Waals surface area contributed by atoms with Crippen LogP contribution >= 0.6 is 0 Å². The van der Waals surface area contributed by atoms with Crippen LogP contribution in [0.2, 0.25) is 0 Å². The van der Waals surface area contributed by atoms with Crippen molar-refractivity contribution in [1.82, 2.24) is 4.57 Å². The summed E-state index contributed by atoms with van der Waals surface area (Å²) in [7, 11) is 0. The molecule has 0 aliphatic heterocycles. The number of anilines is 3. The first kappa shape index (κ1) is 31.4. The lowest BCUT2D eigenvalue weighted by Gasteiger charge is -2.26. The maximum Gasteiger partial charge on any atom is 0.143 e. The highest BCUT2D eigenvalue weighted by molar-refractivity contribution is 6.20. The van der Waals surface area contributed by atoms with Gasteiger partial charge in [0.1, 0.15) is 11.2 Å². The van der Waals surface area contributed by atoms with Gasteiger partial charge in [-0.2, -0.15) is 0 Å². The summed E-state index contributed by atoms with van der Waals surface area (Å²) in [5.74, 6) is 0. The third-order valence-corrected chi connectivity index (χ3v) is 11.3. The summed E-state index contributed by atoms with van der Waals surface area (Å²) in [6, 6.07) is 65.4. The van der Waals surface area contributed by atoms with Crippen molar-refractivity contribution in [3.05, 3.63) is 199 Å². The predicted molar refractivity (Wildman–Crippen MR) is 231 cm³/mol. The monoisotopic (exact) mass is 704 g/mol. The Kier molecular flexibility index (Phi) is 7.31. The van der Waals surface area contributed by atoms with Crippen LogP contribution in [0.15, 0.2) is 192 Å². The van der Waals surface area contributed by atoms with E-state index in [-0.39, 0.29) is 0 Å². The van der Waals surface area contributed by atoms with Crippen LogP contribution in [0, 0.1) is 0 Å². The molecule has 0 saturated carbocycles. The lowest BCUT2D eigenvalue weighted by atomic mass is 9.95. The Morgan fingerprint density at radius 2 is 1.05 bits per heavy atom. The molecule has 1 aliphatic rings. The third kappa shape index (κ3) is 5.12. The van der Waals surface area contributed by atoms with Crippen LogP contribution in [0.3, 0.4) is 0 Å². The number of furan rings is 1. The van der Waals surface area contributed by atoms with E-state index in [2.05, 4.69) is 204 Å². The molecule has 2 aromatic heterocycles. The second-order valence-electron chi connectivity index (χ2n) is 14.4. The number of nitrogens with zero attached hydrogens (tertiary/aromatic N) is 2. The fraction of sp³-hybridized carbons (Fsp3) is 0.0385. The van der Waals surface area contributed by atoms with Crippen LogP contribution in [0.25, 0.3) is 77.6 Å². The van der Waals surface area contributed by atoms with E-state index in [1.54, 1.807) is 0 Å². The van der Waals surface area contributed by atoms with Gasteiger partial charge < -0.3 is 13.9 Å². The molecule has 0 N–H and O–H groups in total. The molecular formula is C52H36N2O. The number of benzene rings is 8. The largest absolute Gasteiger partial charge is 0.455 e. The van der Waals surface area contributed by atoms with Crippen molar-refractivity contribution in [3.8, 4) is 27.9 Å². The maximum atomic E-state index is 6.85. The molecule has 0 radical (unpaired) electrons. The number of rotatable bonds is 6. The molecule has 0 atom stereocenters. The zero-order valence-corrected chi connectivity index (χ0v) is 30.2. The fourth-order valence-corrected chi connectivity index (χ4v) is 8.74. The quantitative estimate of drug-likeness (QED) is 0.172. The third-order valence-electron chi connectivity index (χ3n) is 11.3. The Morgan fingerprint density at radius 1 is 0.455 bits per heavy atom. The molecule has 0 fully saturated rings. The molecule has 3 heteroatoms. The summed E-state index contributed by atoms with van der Waals surface area (Å²) in [6.07, 6.45) is 6.70. The molecule has 260 valence electrons. The summed E-state index contributed by atoms with van der Waals surface area (Å²) in [4.78, 5) is 2.33. The zero-order chi connectivity index (χ0) is 36.3. The van der Waals surface area contributed by atoms with Gasteiger partial charge in [-0.3, -0.25) is 0 Å². The minimum absolute atomic E-state index is 0.909. The van der Waals surface area contributed by atoms with Crippen LogP contribution < -0.4 is 4.90 Å². The van der Waals surface area contributed by atoms with Crippen molar-refractivity contribution in [2.24, 2.45) is 0 Å². The van der Waals surface area contributed by atoms with Crippen molar-refractivity contribution in [3.63, 3.8) is 0 Å². The maximum absolute atomic E-state index is 6.85. The van der Waals surface area contributed by atoms with Gasteiger partial charge in [-0.05, 0) is 95.6 Å². The molecule has 0 bridgehead atoms. The SMILES string of the molecule is C1=Cc2c(n(-c3ccc(N(c4ccccc4)c4ccc(-c5cccc6c5oc5c7ccccc7c(-c7ccccc7)cc65)cc4)cc3)c3ccccc23)CC1. The number of fused-ring (bicyclic) bond motifs is 8. The van der Waals surface area contributed by atoms with Gasteiger partial charge in [-0.1, -0.05) is 133 Å². The topological polar surface area (TPSA) is 21.3 Å². The number of para-hydroxylation sites is 3. The van der Waals surface area contributed by atoms with Crippen LogP contribution in [-0.2, 0) is 6.42 Å². The van der Waals surface area contributed by atoms with E-state index in [9.17, 15) is 0 Å². The Labute approximate surface area is 319 Å². The highest BCUT2D eigenvalue weighted by atomic mass is 16.3.